The van der Waals surface area contributed by atoms with Gasteiger partial charge in [-0.3, -0.25) is 19.3 Å². The van der Waals surface area contributed by atoms with Crippen molar-refractivity contribution in [1.82, 2.24) is 14.8 Å². The van der Waals surface area contributed by atoms with Gasteiger partial charge >= 0.3 is 0 Å². The Morgan fingerprint density at radius 1 is 1.28 bits per heavy atom. The molecule has 7 nitrogen and oxygen atoms in total. The van der Waals surface area contributed by atoms with Gasteiger partial charge in [0.15, 0.2) is 0 Å². The fourth-order valence-corrected chi connectivity index (χ4v) is 4.19. The highest BCUT2D eigenvalue weighted by molar-refractivity contribution is 8.18. The standard InChI is InChI=1S/C21H25N3O4S/c1-14(2)24-20(26)18(29-21(24)27)11-15-12-23(17-8-5-4-7-16(15)17)13-19(25)22-9-6-10-28-3/h4-5,7-8,11-12,14H,6,9-10,13H2,1-3H3,(H,22,25)/b18-11-. The summed E-state index contributed by atoms with van der Waals surface area (Å²) in [4.78, 5) is 38.7. The maximum Gasteiger partial charge on any atom is 0.293 e. The van der Waals surface area contributed by atoms with Gasteiger partial charge < -0.3 is 14.6 Å². The number of amides is 3. The van der Waals surface area contributed by atoms with Gasteiger partial charge in [-0.1, -0.05) is 18.2 Å². The Morgan fingerprint density at radius 2 is 2.03 bits per heavy atom. The molecule has 0 unspecified atom stereocenters. The monoisotopic (exact) mass is 415 g/mol. The molecule has 1 aliphatic heterocycles. The molecule has 0 radical (unpaired) electrons. The number of aromatic nitrogens is 1. The number of para-hydroxylation sites is 1. The van der Waals surface area contributed by atoms with Crippen LogP contribution >= 0.6 is 11.8 Å². The summed E-state index contributed by atoms with van der Waals surface area (Å²) < 4.78 is 6.85. The molecule has 0 atom stereocenters. The zero-order valence-electron chi connectivity index (χ0n) is 16.8. The van der Waals surface area contributed by atoms with Gasteiger partial charge in [-0.15, -0.1) is 0 Å². The zero-order valence-corrected chi connectivity index (χ0v) is 17.6. The Kier molecular flexibility index (Phi) is 6.76. The number of hydrogen-bond acceptors (Lipinski definition) is 5. The Morgan fingerprint density at radius 3 is 2.72 bits per heavy atom. The molecular formula is C21H25N3O4S. The van der Waals surface area contributed by atoms with Crippen molar-refractivity contribution in [2.45, 2.75) is 32.9 Å². The van der Waals surface area contributed by atoms with E-state index in [-0.39, 0.29) is 29.6 Å². The second-order valence-corrected chi connectivity index (χ2v) is 8.06. The van der Waals surface area contributed by atoms with E-state index in [9.17, 15) is 14.4 Å². The van der Waals surface area contributed by atoms with Crippen molar-refractivity contribution < 1.29 is 19.1 Å². The number of nitrogens with zero attached hydrogens (tertiary/aromatic N) is 2. The first-order valence-electron chi connectivity index (χ1n) is 9.53. The number of benzene rings is 1. The first-order chi connectivity index (χ1) is 13.9. The molecule has 3 amide bonds. The van der Waals surface area contributed by atoms with Gasteiger partial charge in [-0.05, 0) is 44.2 Å². The van der Waals surface area contributed by atoms with E-state index in [0.29, 0.717) is 18.1 Å². The molecule has 29 heavy (non-hydrogen) atoms. The highest BCUT2D eigenvalue weighted by Crippen LogP contribution is 2.35. The van der Waals surface area contributed by atoms with Crippen molar-refractivity contribution in [3.63, 3.8) is 0 Å². The van der Waals surface area contributed by atoms with Gasteiger partial charge in [0.25, 0.3) is 11.1 Å². The van der Waals surface area contributed by atoms with E-state index in [4.69, 9.17) is 4.74 Å². The molecule has 2 heterocycles. The van der Waals surface area contributed by atoms with Gasteiger partial charge in [0, 0.05) is 49.0 Å². The van der Waals surface area contributed by atoms with Gasteiger partial charge in [0.1, 0.15) is 6.54 Å². The molecule has 0 bridgehead atoms. The number of methoxy groups -OCH3 is 1. The third-order valence-corrected chi connectivity index (χ3v) is 5.49. The lowest BCUT2D eigenvalue weighted by molar-refractivity contribution is -0.124. The Labute approximate surface area is 174 Å². The molecule has 0 spiro atoms. The van der Waals surface area contributed by atoms with E-state index in [1.54, 1.807) is 13.2 Å². The minimum Gasteiger partial charge on any atom is -0.385 e. The number of fused-ring (bicyclic) bond motifs is 1. The lowest BCUT2D eigenvalue weighted by atomic mass is 10.1. The molecule has 1 fully saturated rings. The molecule has 0 aliphatic carbocycles. The third kappa shape index (κ3) is 4.71. The van der Waals surface area contributed by atoms with E-state index in [1.807, 2.05) is 48.9 Å². The third-order valence-electron chi connectivity index (χ3n) is 4.61. The molecule has 1 saturated heterocycles. The van der Waals surface area contributed by atoms with Crippen LogP contribution in [0.1, 0.15) is 25.8 Å². The smallest absolute Gasteiger partial charge is 0.293 e. The largest absolute Gasteiger partial charge is 0.385 e. The van der Waals surface area contributed by atoms with Crippen LogP contribution in [0.4, 0.5) is 4.79 Å². The molecule has 8 heteroatoms. The fraction of sp³-hybridized carbons (Fsp3) is 0.381. The first kappa shape index (κ1) is 21.1. The zero-order chi connectivity index (χ0) is 21.0. The second-order valence-electron chi connectivity index (χ2n) is 7.07. The van der Waals surface area contributed by atoms with Crippen LogP contribution in [-0.2, 0) is 20.9 Å². The van der Waals surface area contributed by atoms with Gasteiger partial charge in [0.2, 0.25) is 5.91 Å². The minimum absolute atomic E-state index is 0.0893. The van der Waals surface area contributed by atoms with Crippen molar-refractivity contribution in [2.75, 3.05) is 20.3 Å². The lowest BCUT2D eigenvalue weighted by Crippen LogP contribution is -2.34. The Balaban J connectivity index is 1.84. The summed E-state index contributed by atoms with van der Waals surface area (Å²) in [5.74, 6) is -0.365. The molecule has 2 aromatic rings. The molecule has 1 N–H and O–H groups in total. The highest BCUT2D eigenvalue weighted by Gasteiger charge is 2.36. The van der Waals surface area contributed by atoms with Crippen LogP contribution in [0.2, 0.25) is 0 Å². The molecule has 1 aromatic carbocycles. The van der Waals surface area contributed by atoms with E-state index < -0.39 is 0 Å². The number of hydrogen-bond donors (Lipinski definition) is 1. The number of nitrogens with one attached hydrogen (secondary N) is 1. The molecule has 3 rings (SSSR count). The molecule has 1 aliphatic rings. The predicted molar refractivity (Wildman–Crippen MR) is 114 cm³/mol. The predicted octanol–water partition coefficient (Wildman–Crippen LogP) is 3.24. The molecule has 1 aromatic heterocycles. The van der Waals surface area contributed by atoms with E-state index >= 15 is 0 Å². The molecule has 0 saturated carbocycles. The van der Waals surface area contributed by atoms with E-state index in [0.717, 1.165) is 34.6 Å². The van der Waals surface area contributed by atoms with Crippen LogP contribution in [0.3, 0.4) is 0 Å². The van der Waals surface area contributed by atoms with Crippen LogP contribution in [0.25, 0.3) is 17.0 Å². The minimum atomic E-state index is -0.275. The average Bonchev–Trinajstić information content (AvgIpc) is 3.16. The van der Waals surface area contributed by atoms with Crippen LogP contribution < -0.4 is 5.32 Å². The Bertz CT molecular complexity index is 964. The highest BCUT2D eigenvalue weighted by atomic mass is 32.2. The summed E-state index contributed by atoms with van der Waals surface area (Å²) in [6.07, 6.45) is 4.34. The van der Waals surface area contributed by atoms with Crippen molar-refractivity contribution in [2.24, 2.45) is 0 Å². The summed E-state index contributed by atoms with van der Waals surface area (Å²) in [6, 6.07) is 7.52. The van der Waals surface area contributed by atoms with Crippen LogP contribution in [-0.4, -0.2) is 52.8 Å². The Hall–Kier alpha value is -2.58. The molecule has 154 valence electrons. The number of rotatable bonds is 8. The molecular weight excluding hydrogens is 390 g/mol. The van der Waals surface area contributed by atoms with Crippen molar-refractivity contribution in [3.05, 3.63) is 40.9 Å². The fourth-order valence-electron chi connectivity index (χ4n) is 3.24. The summed E-state index contributed by atoms with van der Waals surface area (Å²) in [5, 5.41) is 3.55. The summed E-state index contributed by atoms with van der Waals surface area (Å²) >= 11 is 0.951. The summed E-state index contributed by atoms with van der Waals surface area (Å²) in [5.41, 5.74) is 1.70. The number of carbonyl (C=O) groups is 3. The quantitative estimate of drug-likeness (QED) is 0.529. The number of imide groups is 1. The number of thioether (sulfide) groups is 1. The normalized spacial score (nSPS) is 15.9. The maximum absolute atomic E-state index is 12.6. The van der Waals surface area contributed by atoms with Crippen molar-refractivity contribution in [1.29, 1.82) is 0 Å². The lowest BCUT2D eigenvalue weighted by Gasteiger charge is -2.16. The van der Waals surface area contributed by atoms with Crippen molar-refractivity contribution in [3.8, 4) is 0 Å². The van der Waals surface area contributed by atoms with Crippen LogP contribution in [0.5, 0.6) is 0 Å². The van der Waals surface area contributed by atoms with Crippen LogP contribution in [0, 0.1) is 0 Å². The number of carbonyl (C=O) groups excluding carboxylic acids is 3. The first-order valence-corrected chi connectivity index (χ1v) is 10.3. The van der Waals surface area contributed by atoms with E-state index in [2.05, 4.69) is 5.32 Å². The van der Waals surface area contributed by atoms with Crippen LogP contribution in [0.15, 0.2) is 35.4 Å². The van der Waals surface area contributed by atoms with Gasteiger partial charge in [-0.25, -0.2) is 0 Å². The maximum atomic E-state index is 12.6. The topological polar surface area (TPSA) is 80.6 Å². The van der Waals surface area contributed by atoms with Crippen molar-refractivity contribution >= 4 is 45.8 Å². The summed E-state index contributed by atoms with van der Waals surface area (Å²) in [7, 11) is 1.63. The number of ether oxygens (including phenoxy) is 1. The second kappa shape index (κ2) is 9.28. The summed E-state index contributed by atoms with van der Waals surface area (Å²) in [6.45, 7) is 4.96. The average molecular weight is 416 g/mol. The van der Waals surface area contributed by atoms with E-state index in [1.165, 1.54) is 4.90 Å². The SMILES string of the molecule is COCCCNC(=O)Cn1cc(/C=C2\SC(=O)N(C(C)C)C2=O)c2ccccc21. The van der Waals surface area contributed by atoms with Gasteiger partial charge in [-0.2, -0.15) is 0 Å². The van der Waals surface area contributed by atoms with Gasteiger partial charge in [0.05, 0.1) is 4.91 Å².